The molecule has 0 saturated carbocycles. The van der Waals surface area contributed by atoms with Crippen LogP contribution in [0.2, 0.25) is 5.02 Å². The zero-order valence-corrected chi connectivity index (χ0v) is 15.7. The number of benzene rings is 2. The minimum absolute atomic E-state index is 0.146. The fourth-order valence-corrected chi connectivity index (χ4v) is 3.06. The third-order valence-electron chi connectivity index (χ3n) is 4.41. The van der Waals surface area contributed by atoms with Gasteiger partial charge in [0, 0.05) is 11.6 Å². The number of phenolic OH excluding ortho intramolecular Hbond substituents is 1. The zero-order valence-electron chi connectivity index (χ0n) is 15.0. The van der Waals surface area contributed by atoms with Gasteiger partial charge < -0.3 is 14.7 Å². The lowest BCUT2D eigenvalue weighted by atomic mass is 10.0. The highest BCUT2D eigenvalue weighted by Gasteiger charge is 2.31. The number of ether oxygens (including phenoxy) is 1. The van der Waals surface area contributed by atoms with E-state index in [1.807, 2.05) is 19.2 Å². The van der Waals surface area contributed by atoms with E-state index in [0.717, 1.165) is 24.9 Å². The van der Waals surface area contributed by atoms with Gasteiger partial charge in [-0.3, -0.25) is 4.79 Å². The highest BCUT2D eigenvalue weighted by Crippen LogP contribution is 2.40. The summed E-state index contributed by atoms with van der Waals surface area (Å²) < 4.78 is 5.86. The molecule has 0 saturated heterocycles. The maximum Gasteiger partial charge on any atom is 0.231 e. The summed E-state index contributed by atoms with van der Waals surface area (Å²) in [6, 6.07) is 10.4. The summed E-state index contributed by atoms with van der Waals surface area (Å²) >= 11 is 5.90. The lowest BCUT2D eigenvalue weighted by Gasteiger charge is -2.18. The van der Waals surface area contributed by atoms with E-state index in [1.165, 1.54) is 0 Å². The van der Waals surface area contributed by atoms with Crippen LogP contribution in [0.1, 0.15) is 41.3 Å². The van der Waals surface area contributed by atoms with Gasteiger partial charge in [-0.2, -0.15) is 0 Å². The van der Waals surface area contributed by atoms with E-state index in [1.54, 1.807) is 30.3 Å². The Kier molecular flexibility index (Phi) is 5.64. The molecular formula is C21H22ClNO3. The van der Waals surface area contributed by atoms with E-state index in [-0.39, 0.29) is 17.3 Å². The summed E-state index contributed by atoms with van der Waals surface area (Å²) in [4.78, 5) is 14.8. The Morgan fingerprint density at radius 2 is 1.92 bits per heavy atom. The van der Waals surface area contributed by atoms with Crippen LogP contribution < -0.4 is 4.74 Å². The molecule has 0 spiro atoms. The Bertz CT molecular complexity index is 843. The van der Waals surface area contributed by atoms with Gasteiger partial charge >= 0.3 is 0 Å². The van der Waals surface area contributed by atoms with Gasteiger partial charge in [0.1, 0.15) is 11.5 Å². The third-order valence-corrected chi connectivity index (χ3v) is 4.66. The molecule has 136 valence electrons. The van der Waals surface area contributed by atoms with E-state index in [0.29, 0.717) is 28.4 Å². The molecule has 1 aliphatic rings. The van der Waals surface area contributed by atoms with Gasteiger partial charge in [-0.15, -0.1) is 0 Å². The smallest absolute Gasteiger partial charge is 0.231 e. The van der Waals surface area contributed by atoms with Gasteiger partial charge in [-0.05, 0) is 55.9 Å². The molecule has 1 heterocycles. The monoisotopic (exact) mass is 371 g/mol. The summed E-state index contributed by atoms with van der Waals surface area (Å²) in [7, 11) is 2.00. The Morgan fingerprint density at radius 1 is 1.19 bits per heavy atom. The number of unbranched alkanes of at least 4 members (excludes halogenated alkanes) is 1. The second-order valence-corrected chi connectivity index (χ2v) is 6.96. The van der Waals surface area contributed by atoms with E-state index in [4.69, 9.17) is 16.3 Å². The van der Waals surface area contributed by atoms with Gasteiger partial charge in [0.15, 0.2) is 5.76 Å². The minimum Gasteiger partial charge on any atom is -0.507 e. The predicted octanol–water partition coefficient (Wildman–Crippen LogP) is 4.89. The normalized spacial score (nSPS) is 14.8. The van der Waals surface area contributed by atoms with Crippen molar-refractivity contribution in [2.45, 2.75) is 26.3 Å². The number of phenols is 1. The fourth-order valence-electron chi connectivity index (χ4n) is 2.94. The molecule has 0 atom stereocenters. The topological polar surface area (TPSA) is 49.8 Å². The first-order valence-electron chi connectivity index (χ1n) is 8.72. The first kappa shape index (κ1) is 18.5. The van der Waals surface area contributed by atoms with E-state index >= 15 is 0 Å². The number of Topliss-reactive ketones (excluding diaryl/α,β-unsaturated/α-hetero) is 1. The highest BCUT2D eigenvalue weighted by atomic mass is 35.5. The number of rotatable bonds is 6. The summed E-state index contributed by atoms with van der Waals surface area (Å²) in [6.07, 6.45) is 3.88. The molecule has 0 amide bonds. The number of ketones is 1. The molecule has 0 fully saturated rings. The predicted molar refractivity (Wildman–Crippen MR) is 104 cm³/mol. The lowest BCUT2D eigenvalue weighted by Crippen LogP contribution is -2.19. The Balaban J connectivity index is 1.89. The zero-order chi connectivity index (χ0) is 18.7. The van der Waals surface area contributed by atoms with Crippen molar-refractivity contribution in [1.82, 2.24) is 4.90 Å². The van der Waals surface area contributed by atoms with Gasteiger partial charge in [0.05, 0.1) is 11.1 Å². The first-order valence-corrected chi connectivity index (χ1v) is 9.10. The SMILES string of the molecule is CCCCN(C)Cc1c(O)ccc2c1O/C(=C\c1ccc(Cl)cc1)C2=O. The van der Waals surface area contributed by atoms with E-state index < -0.39 is 0 Å². The van der Waals surface area contributed by atoms with Crippen LogP contribution >= 0.6 is 11.6 Å². The van der Waals surface area contributed by atoms with Gasteiger partial charge in [-0.25, -0.2) is 0 Å². The molecule has 0 aliphatic carbocycles. The number of nitrogens with zero attached hydrogens (tertiary/aromatic N) is 1. The Hall–Kier alpha value is -2.30. The second-order valence-electron chi connectivity index (χ2n) is 6.52. The summed E-state index contributed by atoms with van der Waals surface area (Å²) in [5.41, 5.74) is 1.97. The van der Waals surface area contributed by atoms with Crippen LogP contribution in [0.15, 0.2) is 42.2 Å². The van der Waals surface area contributed by atoms with Crippen molar-refractivity contribution in [1.29, 1.82) is 0 Å². The lowest BCUT2D eigenvalue weighted by molar-refractivity contribution is 0.101. The van der Waals surface area contributed by atoms with Crippen molar-refractivity contribution in [2.75, 3.05) is 13.6 Å². The third kappa shape index (κ3) is 3.92. The quantitative estimate of drug-likeness (QED) is 0.734. The molecule has 26 heavy (non-hydrogen) atoms. The van der Waals surface area contributed by atoms with E-state index in [2.05, 4.69) is 11.8 Å². The molecule has 2 aromatic rings. The number of aromatic hydroxyl groups is 1. The molecule has 1 aliphatic heterocycles. The van der Waals surface area contributed by atoms with Crippen LogP contribution in [0, 0.1) is 0 Å². The molecule has 0 aromatic heterocycles. The molecule has 0 unspecified atom stereocenters. The van der Waals surface area contributed by atoms with Crippen LogP contribution in [-0.2, 0) is 6.54 Å². The van der Waals surface area contributed by atoms with Gasteiger partial charge in [0.25, 0.3) is 0 Å². The number of carbonyl (C=O) groups excluding carboxylic acids is 1. The average molecular weight is 372 g/mol. The summed E-state index contributed by atoms with van der Waals surface area (Å²) in [6.45, 7) is 3.58. The van der Waals surface area contributed by atoms with Gasteiger partial charge in [-0.1, -0.05) is 37.1 Å². The molecule has 5 heteroatoms. The maximum atomic E-state index is 12.7. The summed E-state index contributed by atoms with van der Waals surface area (Å²) in [5.74, 6) is 0.684. The Morgan fingerprint density at radius 3 is 2.62 bits per heavy atom. The summed E-state index contributed by atoms with van der Waals surface area (Å²) in [5, 5.41) is 10.9. The van der Waals surface area contributed by atoms with Crippen molar-refractivity contribution in [3.8, 4) is 11.5 Å². The van der Waals surface area contributed by atoms with Crippen LogP contribution in [0.3, 0.4) is 0 Å². The van der Waals surface area contributed by atoms with Gasteiger partial charge in [0.2, 0.25) is 5.78 Å². The van der Waals surface area contributed by atoms with Crippen LogP contribution in [-0.4, -0.2) is 29.4 Å². The standard InChI is InChI=1S/C21H22ClNO3/c1-3-4-11-23(2)13-17-18(24)10-9-16-20(25)19(26-21(16)17)12-14-5-7-15(22)8-6-14/h5-10,12,24H,3-4,11,13H2,1-2H3/b19-12-. The molecule has 2 aromatic carbocycles. The van der Waals surface area contributed by atoms with Crippen molar-refractivity contribution in [3.05, 3.63) is 63.9 Å². The maximum absolute atomic E-state index is 12.7. The minimum atomic E-state index is -0.174. The Labute approximate surface area is 158 Å². The number of carbonyl (C=O) groups is 1. The van der Waals surface area contributed by atoms with Crippen molar-refractivity contribution >= 4 is 23.5 Å². The van der Waals surface area contributed by atoms with E-state index in [9.17, 15) is 9.90 Å². The van der Waals surface area contributed by atoms with Crippen molar-refractivity contribution in [2.24, 2.45) is 0 Å². The number of fused-ring (bicyclic) bond motifs is 1. The highest BCUT2D eigenvalue weighted by molar-refractivity contribution is 6.30. The molecule has 3 rings (SSSR count). The number of hydrogen-bond acceptors (Lipinski definition) is 4. The molecule has 0 bridgehead atoms. The number of hydrogen-bond donors (Lipinski definition) is 1. The van der Waals surface area contributed by atoms with Crippen LogP contribution in [0.5, 0.6) is 11.5 Å². The van der Waals surface area contributed by atoms with Crippen molar-refractivity contribution < 1.29 is 14.6 Å². The van der Waals surface area contributed by atoms with Crippen LogP contribution in [0.4, 0.5) is 0 Å². The number of halogens is 1. The molecule has 1 N–H and O–H groups in total. The molecule has 0 radical (unpaired) electrons. The first-order chi connectivity index (χ1) is 12.5. The van der Waals surface area contributed by atoms with Crippen molar-refractivity contribution in [3.63, 3.8) is 0 Å². The molecule has 4 nitrogen and oxygen atoms in total. The molecular weight excluding hydrogens is 350 g/mol. The largest absolute Gasteiger partial charge is 0.507 e. The fraction of sp³-hybridized carbons (Fsp3) is 0.286. The number of allylic oxidation sites excluding steroid dienone is 1. The average Bonchev–Trinajstić information content (AvgIpc) is 2.94. The second kappa shape index (κ2) is 7.94. The van der Waals surface area contributed by atoms with Crippen LogP contribution in [0.25, 0.3) is 6.08 Å².